The molecule has 140 valence electrons. The van der Waals surface area contributed by atoms with Crippen molar-refractivity contribution in [3.8, 4) is 0 Å². The number of hydrogen-bond donors (Lipinski definition) is 0. The molecule has 5 nitrogen and oxygen atoms in total. The van der Waals surface area contributed by atoms with Crippen LogP contribution in [0.2, 0.25) is 0 Å². The Hall–Kier alpha value is -2.38. The highest BCUT2D eigenvalue weighted by Gasteiger charge is 2.18. The van der Waals surface area contributed by atoms with Crippen molar-refractivity contribution in [3.05, 3.63) is 63.8 Å². The van der Waals surface area contributed by atoms with Gasteiger partial charge in [-0.05, 0) is 31.5 Å². The van der Waals surface area contributed by atoms with E-state index >= 15 is 0 Å². The number of amides is 1. The Morgan fingerprint density at radius 1 is 1.33 bits per heavy atom. The lowest BCUT2D eigenvalue weighted by atomic mass is 10.2. The van der Waals surface area contributed by atoms with E-state index in [2.05, 4.69) is 11.6 Å². The van der Waals surface area contributed by atoms with E-state index in [4.69, 9.17) is 0 Å². The van der Waals surface area contributed by atoms with Gasteiger partial charge in [-0.3, -0.25) is 14.2 Å². The number of hydrogen-bond acceptors (Lipinski definition) is 5. The highest BCUT2D eigenvalue weighted by atomic mass is 32.2. The molecule has 3 rings (SSSR count). The van der Waals surface area contributed by atoms with Crippen molar-refractivity contribution >= 4 is 44.9 Å². The maximum Gasteiger partial charge on any atom is 0.263 e. The number of allylic oxidation sites excluding steroid dienone is 1. The van der Waals surface area contributed by atoms with Gasteiger partial charge in [-0.2, -0.15) is 0 Å². The van der Waals surface area contributed by atoms with Crippen LogP contribution in [-0.2, 0) is 11.3 Å². The molecule has 0 unspecified atom stereocenters. The summed E-state index contributed by atoms with van der Waals surface area (Å²) < 4.78 is 1.59. The average Bonchev–Trinajstić information content (AvgIpc) is 2.96. The van der Waals surface area contributed by atoms with E-state index in [1.807, 2.05) is 44.2 Å². The molecule has 2 aromatic heterocycles. The van der Waals surface area contributed by atoms with Crippen molar-refractivity contribution in [1.29, 1.82) is 0 Å². The summed E-state index contributed by atoms with van der Waals surface area (Å²) in [5.41, 5.74) is 1.73. The molecule has 0 atom stereocenters. The van der Waals surface area contributed by atoms with Gasteiger partial charge in [0.1, 0.15) is 4.83 Å². The van der Waals surface area contributed by atoms with E-state index in [1.54, 1.807) is 22.6 Å². The Balaban J connectivity index is 1.90. The molecule has 1 aromatic carbocycles. The minimum Gasteiger partial charge on any atom is -0.315 e. The molecule has 2 heterocycles. The zero-order chi connectivity index (χ0) is 19.6. The number of para-hydroxylation sites is 1. The van der Waals surface area contributed by atoms with E-state index in [0.29, 0.717) is 17.1 Å². The van der Waals surface area contributed by atoms with Crippen LogP contribution in [0.25, 0.3) is 10.2 Å². The summed E-state index contributed by atoms with van der Waals surface area (Å²) in [7, 11) is 1.75. The van der Waals surface area contributed by atoms with Crippen LogP contribution in [0.4, 0.5) is 5.69 Å². The van der Waals surface area contributed by atoms with Gasteiger partial charge < -0.3 is 4.90 Å². The molecular weight excluding hydrogens is 378 g/mol. The zero-order valence-corrected chi connectivity index (χ0v) is 17.2. The van der Waals surface area contributed by atoms with E-state index in [9.17, 15) is 9.59 Å². The number of carbonyl (C=O) groups is 1. The maximum absolute atomic E-state index is 12.9. The van der Waals surface area contributed by atoms with Crippen molar-refractivity contribution in [2.75, 3.05) is 17.7 Å². The number of benzene rings is 1. The van der Waals surface area contributed by atoms with Crippen molar-refractivity contribution in [2.24, 2.45) is 0 Å². The molecule has 3 aromatic rings. The van der Waals surface area contributed by atoms with E-state index < -0.39 is 0 Å². The number of aromatic nitrogens is 2. The zero-order valence-electron chi connectivity index (χ0n) is 15.6. The van der Waals surface area contributed by atoms with Crippen LogP contribution in [0.5, 0.6) is 0 Å². The Labute approximate surface area is 166 Å². The van der Waals surface area contributed by atoms with Crippen LogP contribution in [0, 0.1) is 13.8 Å². The van der Waals surface area contributed by atoms with Gasteiger partial charge in [0.25, 0.3) is 5.56 Å². The number of carbonyl (C=O) groups excluding carboxylic acids is 1. The highest BCUT2D eigenvalue weighted by Crippen LogP contribution is 2.28. The first kappa shape index (κ1) is 19.4. The summed E-state index contributed by atoms with van der Waals surface area (Å²) in [5, 5.41) is 1.21. The fourth-order valence-electron chi connectivity index (χ4n) is 2.73. The average molecular weight is 400 g/mol. The molecule has 0 N–H and O–H groups in total. The molecule has 0 fully saturated rings. The predicted octanol–water partition coefficient (Wildman–Crippen LogP) is 4.02. The van der Waals surface area contributed by atoms with Crippen LogP contribution in [0.15, 0.2) is 52.9 Å². The lowest BCUT2D eigenvalue weighted by molar-refractivity contribution is -0.115. The third-order valence-electron chi connectivity index (χ3n) is 4.41. The normalized spacial score (nSPS) is 10.9. The summed E-state index contributed by atoms with van der Waals surface area (Å²) in [6.45, 7) is 8.04. The minimum atomic E-state index is -0.0758. The van der Waals surface area contributed by atoms with Crippen molar-refractivity contribution in [1.82, 2.24) is 9.55 Å². The van der Waals surface area contributed by atoms with Crippen LogP contribution in [0.3, 0.4) is 0 Å². The summed E-state index contributed by atoms with van der Waals surface area (Å²) in [5.74, 6) is 0.147. The minimum absolute atomic E-state index is 0.0516. The number of thiophene rings is 1. The van der Waals surface area contributed by atoms with Gasteiger partial charge >= 0.3 is 0 Å². The molecule has 0 spiro atoms. The number of fused-ring (bicyclic) bond motifs is 1. The predicted molar refractivity (Wildman–Crippen MR) is 114 cm³/mol. The second-order valence-electron chi connectivity index (χ2n) is 6.14. The molecular formula is C20H21N3O2S2. The largest absolute Gasteiger partial charge is 0.315 e. The topological polar surface area (TPSA) is 55.2 Å². The highest BCUT2D eigenvalue weighted by molar-refractivity contribution is 7.99. The molecule has 27 heavy (non-hydrogen) atoms. The second kappa shape index (κ2) is 8.10. The molecule has 7 heteroatoms. The van der Waals surface area contributed by atoms with Crippen molar-refractivity contribution in [2.45, 2.75) is 25.5 Å². The maximum atomic E-state index is 12.9. The molecule has 0 bridgehead atoms. The number of aryl methyl sites for hydroxylation is 2. The van der Waals surface area contributed by atoms with Gasteiger partial charge in [-0.1, -0.05) is 36.0 Å². The van der Waals surface area contributed by atoms with Crippen LogP contribution < -0.4 is 10.5 Å². The number of rotatable bonds is 6. The molecule has 0 radical (unpaired) electrons. The fraction of sp³-hybridized carbons (Fsp3) is 0.250. The molecule has 1 amide bonds. The molecule has 0 aliphatic carbocycles. The Kier molecular flexibility index (Phi) is 5.82. The first-order valence-electron chi connectivity index (χ1n) is 8.50. The van der Waals surface area contributed by atoms with E-state index in [-0.39, 0.29) is 17.2 Å². The van der Waals surface area contributed by atoms with Gasteiger partial charge in [0.15, 0.2) is 5.16 Å². The van der Waals surface area contributed by atoms with E-state index in [1.165, 1.54) is 23.1 Å². The lowest BCUT2D eigenvalue weighted by Gasteiger charge is -2.17. The SMILES string of the molecule is C=CCn1c(SCC(=O)N(C)c2ccccc2)nc2sc(C)c(C)c2c1=O. The van der Waals surface area contributed by atoms with Gasteiger partial charge in [-0.25, -0.2) is 4.98 Å². The first-order valence-corrected chi connectivity index (χ1v) is 10.3. The smallest absolute Gasteiger partial charge is 0.263 e. The Morgan fingerprint density at radius 2 is 2.04 bits per heavy atom. The molecule has 0 aliphatic heterocycles. The Morgan fingerprint density at radius 3 is 2.70 bits per heavy atom. The third-order valence-corrected chi connectivity index (χ3v) is 6.47. The standard InChI is InChI=1S/C20H21N3O2S2/c1-5-11-23-19(25)17-13(2)14(3)27-18(17)21-20(23)26-12-16(24)22(4)15-9-7-6-8-10-15/h5-10H,1,11-12H2,2-4H3. The van der Waals surface area contributed by atoms with Gasteiger partial charge in [0, 0.05) is 24.2 Å². The number of anilines is 1. The Bertz CT molecular complexity index is 1050. The molecule has 0 saturated carbocycles. The van der Waals surface area contributed by atoms with Crippen LogP contribution >= 0.6 is 23.1 Å². The lowest BCUT2D eigenvalue weighted by Crippen LogP contribution is -2.29. The van der Waals surface area contributed by atoms with Gasteiger partial charge in [0.05, 0.1) is 11.1 Å². The quantitative estimate of drug-likeness (QED) is 0.357. The monoisotopic (exact) mass is 399 g/mol. The van der Waals surface area contributed by atoms with E-state index in [0.717, 1.165) is 21.0 Å². The fourth-order valence-corrected chi connectivity index (χ4v) is 4.72. The number of nitrogens with zero attached hydrogens (tertiary/aromatic N) is 3. The van der Waals surface area contributed by atoms with Gasteiger partial charge in [0.2, 0.25) is 5.91 Å². The van der Waals surface area contributed by atoms with Crippen molar-refractivity contribution < 1.29 is 4.79 Å². The molecule has 0 aliphatic rings. The van der Waals surface area contributed by atoms with Crippen LogP contribution in [0.1, 0.15) is 10.4 Å². The van der Waals surface area contributed by atoms with Crippen LogP contribution in [-0.4, -0.2) is 28.3 Å². The van der Waals surface area contributed by atoms with Gasteiger partial charge in [-0.15, -0.1) is 17.9 Å². The molecule has 0 saturated heterocycles. The third kappa shape index (κ3) is 3.84. The summed E-state index contributed by atoms with van der Waals surface area (Å²) in [4.78, 5) is 33.6. The van der Waals surface area contributed by atoms with Crippen molar-refractivity contribution in [3.63, 3.8) is 0 Å². The summed E-state index contributed by atoms with van der Waals surface area (Å²) >= 11 is 2.79. The summed E-state index contributed by atoms with van der Waals surface area (Å²) in [6, 6.07) is 9.47. The summed E-state index contributed by atoms with van der Waals surface area (Å²) in [6.07, 6.45) is 1.67. The first-order chi connectivity index (χ1) is 12.9. The number of thioether (sulfide) groups is 1. The second-order valence-corrected chi connectivity index (χ2v) is 8.28.